The Hall–Kier alpha value is -0.580. The molecule has 0 radical (unpaired) electrons. The quantitative estimate of drug-likeness (QED) is 0.803. The van der Waals surface area contributed by atoms with E-state index in [0.29, 0.717) is 21.8 Å². The number of nitrogens with zero attached hydrogens (tertiary/aromatic N) is 3. The molecule has 1 aromatic carbocycles. The highest BCUT2D eigenvalue weighted by Gasteiger charge is 2.09. The van der Waals surface area contributed by atoms with Crippen LogP contribution in [0, 0.1) is 0 Å². The Morgan fingerprint density at radius 2 is 1.88 bits per heavy atom. The first-order valence-corrected chi connectivity index (χ1v) is 6.86. The van der Waals surface area contributed by atoms with Gasteiger partial charge in [0.25, 0.3) is 0 Å². The second-order valence-corrected chi connectivity index (χ2v) is 5.03. The number of halogens is 3. The van der Waals surface area contributed by atoms with Crippen LogP contribution in [0.1, 0.15) is 17.2 Å². The molecule has 1 heterocycles. The highest BCUT2D eigenvalue weighted by atomic mass is 79.9. The van der Waals surface area contributed by atoms with E-state index in [2.05, 4.69) is 26.1 Å². The van der Waals surface area contributed by atoms with Gasteiger partial charge in [-0.15, -0.1) is 10.2 Å². The van der Waals surface area contributed by atoms with Gasteiger partial charge >= 0.3 is 0 Å². The zero-order chi connectivity index (χ0) is 12.4. The molecule has 0 bridgehead atoms. The highest BCUT2D eigenvalue weighted by Crippen LogP contribution is 2.23. The molecule has 2 aromatic rings. The van der Waals surface area contributed by atoms with Gasteiger partial charge in [0.15, 0.2) is 0 Å². The maximum absolute atomic E-state index is 5.97. The lowest BCUT2D eigenvalue weighted by atomic mass is 10.1. The van der Waals surface area contributed by atoms with Gasteiger partial charge in [0, 0.05) is 13.5 Å². The van der Waals surface area contributed by atoms with Gasteiger partial charge < -0.3 is 4.57 Å². The van der Waals surface area contributed by atoms with Crippen molar-refractivity contribution in [2.75, 3.05) is 0 Å². The van der Waals surface area contributed by atoms with Crippen molar-refractivity contribution < 1.29 is 0 Å². The fourth-order valence-electron chi connectivity index (χ4n) is 1.50. The Kier molecular flexibility index (Phi) is 4.07. The largest absolute Gasteiger partial charge is 0.317 e. The van der Waals surface area contributed by atoms with Crippen LogP contribution in [0.4, 0.5) is 0 Å². The van der Waals surface area contributed by atoms with E-state index < -0.39 is 0 Å². The van der Waals surface area contributed by atoms with Crippen molar-refractivity contribution >= 4 is 39.1 Å². The van der Waals surface area contributed by atoms with Crippen molar-refractivity contribution in [1.82, 2.24) is 14.8 Å². The monoisotopic (exact) mass is 333 g/mol. The van der Waals surface area contributed by atoms with E-state index in [1.54, 1.807) is 6.07 Å². The maximum atomic E-state index is 5.97. The average Bonchev–Trinajstić information content (AvgIpc) is 2.65. The van der Waals surface area contributed by atoms with Gasteiger partial charge in [-0.1, -0.05) is 45.2 Å². The minimum absolute atomic E-state index is 0.562. The summed E-state index contributed by atoms with van der Waals surface area (Å²) >= 11 is 15.2. The molecule has 6 heteroatoms. The molecule has 0 spiro atoms. The summed E-state index contributed by atoms with van der Waals surface area (Å²) < 4.78 is 1.97. The van der Waals surface area contributed by atoms with Crippen LogP contribution < -0.4 is 0 Å². The molecular weight excluding hydrogens is 325 g/mol. The summed E-state index contributed by atoms with van der Waals surface area (Å²) in [4.78, 5) is 0. The maximum Gasteiger partial charge on any atom is 0.143 e. The fraction of sp³-hybridized carbons (Fsp3) is 0.273. The minimum atomic E-state index is 0.562. The number of hydrogen-bond donors (Lipinski definition) is 0. The summed E-state index contributed by atoms with van der Waals surface area (Å²) in [6, 6.07) is 5.59. The molecule has 0 unspecified atom stereocenters. The Morgan fingerprint density at radius 1 is 1.18 bits per heavy atom. The summed E-state index contributed by atoms with van der Waals surface area (Å²) in [6.45, 7) is 0. The first-order chi connectivity index (χ1) is 8.11. The lowest BCUT2D eigenvalue weighted by molar-refractivity contribution is 0.793. The molecule has 90 valence electrons. The lowest BCUT2D eigenvalue weighted by Crippen LogP contribution is -2.01. The second kappa shape index (κ2) is 5.38. The zero-order valence-corrected chi connectivity index (χ0v) is 12.2. The molecule has 17 heavy (non-hydrogen) atoms. The molecule has 0 saturated carbocycles. The van der Waals surface area contributed by atoms with Crippen LogP contribution in [-0.2, 0) is 18.8 Å². The van der Waals surface area contributed by atoms with E-state index in [-0.39, 0.29) is 0 Å². The molecule has 0 N–H and O–H groups in total. The fourth-order valence-corrected chi connectivity index (χ4v) is 2.31. The van der Waals surface area contributed by atoms with Gasteiger partial charge in [0.05, 0.1) is 15.4 Å². The number of hydrogen-bond acceptors (Lipinski definition) is 2. The predicted octanol–water partition coefficient (Wildman–Crippen LogP) is 3.61. The average molecular weight is 335 g/mol. The summed E-state index contributed by atoms with van der Waals surface area (Å²) in [5, 5.41) is 10.0. The van der Waals surface area contributed by atoms with Crippen molar-refractivity contribution in [3.63, 3.8) is 0 Å². The minimum Gasteiger partial charge on any atom is -0.317 e. The molecular formula is C11H10BrCl2N3. The van der Waals surface area contributed by atoms with Gasteiger partial charge in [-0.25, -0.2) is 0 Å². The van der Waals surface area contributed by atoms with Crippen LogP contribution in [0.3, 0.4) is 0 Å². The number of benzene rings is 1. The number of alkyl halides is 1. The molecule has 0 fully saturated rings. The Bertz CT molecular complexity index is 540. The normalized spacial score (nSPS) is 10.8. The van der Waals surface area contributed by atoms with Crippen molar-refractivity contribution in [3.05, 3.63) is 45.5 Å². The van der Waals surface area contributed by atoms with Crippen LogP contribution >= 0.6 is 39.1 Å². The molecule has 0 aliphatic carbocycles. The van der Waals surface area contributed by atoms with Crippen molar-refractivity contribution in [3.8, 4) is 0 Å². The summed E-state index contributed by atoms with van der Waals surface area (Å²) in [7, 11) is 1.95. The smallest absolute Gasteiger partial charge is 0.143 e. The van der Waals surface area contributed by atoms with Crippen LogP contribution in [0.25, 0.3) is 0 Å². The Labute approximate surface area is 118 Å². The van der Waals surface area contributed by atoms with Crippen molar-refractivity contribution in [1.29, 1.82) is 0 Å². The predicted molar refractivity (Wildman–Crippen MR) is 72.9 cm³/mol. The van der Waals surface area contributed by atoms with Crippen LogP contribution in [0.5, 0.6) is 0 Å². The second-order valence-electron chi connectivity index (χ2n) is 3.65. The number of aromatic nitrogens is 3. The van der Waals surface area contributed by atoms with E-state index in [4.69, 9.17) is 23.2 Å². The molecule has 0 saturated heterocycles. The highest BCUT2D eigenvalue weighted by molar-refractivity contribution is 9.08. The number of rotatable bonds is 3. The Balaban J connectivity index is 2.25. The molecule has 0 amide bonds. The topological polar surface area (TPSA) is 30.7 Å². The first kappa shape index (κ1) is 12.9. The summed E-state index contributed by atoms with van der Waals surface area (Å²) in [6.07, 6.45) is 0.688. The zero-order valence-electron chi connectivity index (χ0n) is 9.12. The van der Waals surface area contributed by atoms with Gasteiger partial charge in [0.2, 0.25) is 0 Å². The van der Waals surface area contributed by atoms with Crippen molar-refractivity contribution in [2.45, 2.75) is 11.8 Å². The lowest BCUT2D eigenvalue weighted by Gasteiger charge is -2.04. The molecule has 0 aliphatic heterocycles. The molecule has 0 atom stereocenters. The van der Waals surface area contributed by atoms with Gasteiger partial charge in [-0.3, -0.25) is 0 Å². The third kappa shape index (κ3) is 2.81. The van der Waals surface area contributed by atoms with E-state index >= 15 is 0 Å². The third-order valence-electron chi connectivity index (χ3n) is 2.52. The molecule has 3 nitrogen and oxygen atoms in total. The van der Waals surface area contributed by atoms with E-state index in [1.165, 1.54) is 0 Å². The molecule has 2 rings (SSSR count). The molecule has 0 aliphatic rings. The first-order valence-electron chi connectivity index (χ1n) is 4.99. The molecule has 1 aromatic heterocycles. The SMILES string of the molecule is Cn1c(CBr)nnc1Cc1ccc(Cl)c(Cl)c1. The van der Waals surface area contributed by atoms with E-state index in [1.807, 2.05) is 23.7 Å². The van der Waals surface area contributed by atoms with Crippen molar-refractivity contribution in [2.24, 2.45) is 7.05 Å². The Morgan fingerprint density at radius 3 is 2.47 bits per heavy atom. The van der Waals surface area contributed by atoms with Crippen LogP contribution in [0.15, 0.2) is 18.2 Å². The van der Waals surface area contributed by atoms with E-state index in [9.17, 15) is 0 Å². The van der Waals surface area contributed by atoms with Gasteiger partial charge in [-0.2, -0.15) is 0 Å². The summed E-state index contributed by atoms with van der Waals surface area (Å²) in [5.41, 5.74) is 1.07. The van der Waals surface area contributed by atoms with Gasteiger partial charge in [-0.05, 0) is 17.7 Å². The van der Waals surface area contributed by atoms with Crippen LogP contribution in [-0.4, -0.2) is 14.8 Å². The standard InChI is InChI=1S/C11H10BrCl2N3/c1-17-10(15-16-11(17)6-12)5-7-2-3-8(13)9(14)4-7/h2-4H,5-6H2,1H3. The van der Waals surface area contributed by atoms with Crippen LogP contribution in [0.2, 0.25) is 10.0 Å². The van der Waals surface area contributed by atoms with Gasteiger partial charge in [0.1, 0.15) is 11.6 Å². The summed E-state index contributed by atoms with van der Waals surface area (Å²) in [5.74, 6) is 1.80. The third-order valence-corrected chi connectivity index (χ3v) is 3.76. The van der Waals surface area contributed by atoms with E-state index in [0.717, 1.165) is 17.2 Å².